The van der Waals surface area contributed by atoms with E-state index in [1.54, 1.807) is 11.3 Å². The fraction of sp³-hybridized carbons (Fsp3) is 0.320. The molecule has 1 saturated heterocycles. The van der Waals surface area contributed by atoms with Gasteiger partial charge in [0.2, 0.25) is 5.91 Å². The molecule has 0 spiro atoms. The van der Waals surface area contributed by atoms with Crippen LogP contribution >= 0.6 is 11.3 Å². The highest BCUT2D eigenvalue weighted by molar-refractivity contribution is 7.07. The van der Waals surface area contributed by atoms with E-state index in [2.05, 4.69) is 63.1 Å². The molecule has 2 heterocycles. The number of hydrogen-bond donors (Lipinski definition) is 1. The average molecular weight is 420 g/mol. The Morgan fingerprint density at radius 3 is 2.50 bits per heavy atom. The van der Waals surface area contributed by atoms with Gasteiger partial charge in [0.05, 0.1) is 0 Å². The zero-order valence-corrected chi connectivity index (χ0v) is 18.5. The van der Waals surface area contributed by atoms with Crippen LogP contribution in [-0.2, 0) is 11.3 Å². The van der Waals surface area contributed by atoms with E-state index in [0.29, 0.717) is 0 Å². The lowest BCUT2D eigenvalue weighted by molar-refractivity contribution is -0.122. The molecule has 1 aliphatic heterocycles. The number of amides is 1. The van der Waals surface area contributed by atoms with E-state index in [-0.39, 0.29) is 11.9 Å². The van der Waals surface area contributed by atoms with Gasteiger partial charge in [0.1, 0.15) is 6.04 Å². The first-order valence-electron chi connectivity index (χ1n) is 10.5. The Balaban J connectivity index is 1.49. The van der Waals surface area contributed by atoms with Crippen molar-refractivity contribution in [1.82, 2.24) is 9.80 Å². The van der Waals surface area contributed by atoms with Gasteiger partial charge in [-0.1, -0.05) is 42.5 Å². The van der Waals surface area contributed by atoms with Crippen LogP contribution in [-0.4, -0.2) is 41.9 Å². The predicted molar refractivity (Wildman–Crippen MR) is 125 cm³/mol. The van der Waals surface area contributed by atoms with Crippen molar-refractivity contribution in [3.63, 3.8) is 0 Å². The fourth-order valence-corrected chi connectivity index (χ4v) is 4.72. The Kier molecular flexibility index (Phi) is 6.62. The number of carbonyl (C=O) groups is 1. The van der Waals surface area contributed by atoms with Crippen LogP contribution in [0.15, 0.2) is 65.4 Å². The molecule has 1 fully saturated rings. The lowest BCUT2D eigenvalue weighted by Gasteiger charge is -2.38. The first-order chi connectivity index (χ1) is 14.6. The molecular formula is C25H29N3OS. The zero-order chi connectivity index (χ0) is 20.9. The van der Waals surface area contributed by atoms with Crippen molar-refractivity contribution in [1.29, 1.82) is 0 Å². The smallest absolute Gasteiger partial charge is 0.246 e. The molecule has 0 aliphatic carbocycles. The van der Waals surface area contributed by atoms with Gasteiger partial charge < -0.3 is 5.32 Å². The van der Waals surface area contributed by atoms with E-state index >= 15 is 0 Å². The van der Waals surface area contributed by atoms with Crippen LogP contribution in [0.5, 0.6) is 0 Å². The molecule has 5 heteroatoms. The predicted octanol–water partition coefficient (Wildman–Crippen LogP) is 4.86. The third-order valence-corrected chi connectivity index (χ3v) is 6.50. The van der Waals surface area contributed by atoms with Gasteiger partial charge in [-0.15, -0.1) is 0 Å². The van der Waals surface area contributed by atoms with Gasteiger partial charge in [-0.2, -0.15) is 11.3 Å². The van der Waals surface area contributed by atoms with Gasteiger partial charge in [-0.05, 0) is 59.0 Å². The topological polar surface area (TPSA) is 35.6 Å². The number of nitrogens with one attached hydrogen (secondary N) is 1. The van der Waals surface area contributed by atoms with Gasteiger partial charge in [0, 0.05) is 38.4 Å². The third kappa shape index (κ3) is 4.98. The largest absolute Gasteiger partial charge is 0.324 e. The molecule has 4 nitrogen and oxygen atoms in total. The molecule has 1 aromatic heterocycles. The standard InChI is InChI=1S/C25H29N3OS/c1-19-8-9-20(2)23(16-19)26-25(29)24(22-6-4-3-5-7-22)28-13-11-27(12-14-28)17-21-10-15-30-18-21/h3-10,15-16,18,24H,11-14,17H2,1-2H3,(H,26,29)/t24-/m1/s1. The molecule has 156 valence electrons. The molecule has 0 radical (unpaired) electrons. The third-order valence-electron chi connectivity index (χ3n) is 5.77. The van der Waals surface area contributed by atoms with Crippen LogP contribution in [0.3, 0.4) is 0 Å². The number of nitrogens with zero attached hydrogens (tertiary/aromatic N) is 2. The summed E-state index contributed by atoms with van der Waals surface area (Å²) in [7, 11) is 0. The summed E-state index contributed by atoms with van der Waals surface area (Å²) < 4.78 is 0. The van der Waals surface area contributed by atoms with Crippen molar-refractivity contribution in [3.8, 4) is 0 Å². The summed E-state index contributed by atoms with van der Waals surface area (Å²) in [5, 5.41) is 7.55. The molecule has 2 aromatic carbocycles. The maximum absolute atomic E-state index is 13.4. The molecule has 1 atom stereocenters. The van der Waals surface area contributed by atoms with Gasteiger partial charge in [0.15, 0.2) is 0 Å². The first kappa shape index (κ1) is 20.8. The summed E-state index contributed by atoms with van der Waals surface area (Å²) >= 11 is 1.75. The van der Waals surface area contributed by atoms with E-state index in [1.165, 1.54) is 5.56 Å². The normalized spacial score (nSPS) is 16.3. The van der Waals surface area contributed by atoms with Crippen LogP contribution in [0.1, 0.15) is 28.3 Å². The fourth-order valence-electron chi connectivity index (χ4n) is 4.06. The number of hydrogen-bond acceptors (Lipinski definition) is 4. The molecular weight excluding hydrogens is 390 g/mol. The summed E-state index contributed by atoms with van der Waals surface area (Å²) in [5.41, 5.74) is 5.56. The van der Waals surface area contributed by atoms with E-state index in [0.717, 1.165) is 55.1 Å². The Morgan fingerprint density at radius 1 is 1.03 bits per heavy atom. The number of benzene rings is 2. The monoisotopic (exact) mass is 419 g/mol. The number of thiophene rings is 1. The lowest BCUT2D eigenvalue weighted by atomic mass is 10.0. The van der Waals surface area contributed by atoms with E-state index in [1.807, 2.05) is 31.2 Å². The minimum Gasteiger partial charge on any atom is -0.324 e. The molecule has 0 bridgehead atoms. The minimum absolute atomic E-state index is 0.0428. The Bertz CT molecular complexity index is 963. The Labute approximate surface area is 183 Å². The molecule has 3 aromatic rings. The quantitative estimate of drug-likeness (QED) is 0.620. The van der Waals surface area contributed by atoms with Crippen molar-refractivity contribution in [2.75, 3.05) is 31.5 Å². The van der Waals surface area contributed by atoms with Crippen LogP contribution in [0.4, 0.5) is 5.69 Å². The van der Waals surface area contributed by atoms with Crippen molar-refractivity contribution in [3.05, 3.63) is 87.6 Å². The first-order valence-corrected chi connectivity index (χ1v) is 11.4. The SMILES string of the molecule is Cc1ccc(C)c(NC(=O)[C@@H](c2ccccc2)N2CCN(Cc3ccsc3)CC2)c1. The zero-order valence-electron chi connectivity index (χ0n) is 17.7. The Morgan fingerprint density at radius 2 is 1.80 bits per heavy atom. The number of anilines is 1. The summed E-state index contributed by atoms with van der Waals surface area (Å²) in [6.07, 6.45) is 0. The molecule has 30 heavy (non-hydrogen) atoms. The van der Waals surface area contributed by atoms with E-state index in [4.69, 9.17) is 0 Å². The number of rotatable bonds is 6. The van der Waals surface area contributed by atoms with Gasteiger partial charge in [-0.25, -0.2) is 0 Å². The van der Waals surface area contributed by atoms with Gasteiger partial charge >= 0.3 is 0 Å². The van der Waals surface area contributed by atoms with Crippen LogP contribution in [0.25, 0.3) is 0 Å². The second-order valence-electron chi connectivity index (χ2n) is 8.06. The van der Waals surface area contributed by atoms with Crippen molar-refractivity contribution < 1.29 is 4.79 Å². The minimum atomic E-state index is -0.283. The molecule has 1 N–H and O–H groups in total. The molecule has 1 amide bonds. The van der Waals surface area contributed by atoms with Gasteiger partial charge in [0.25, 0.3) is 0 Å². The number of piperazine rings is 1. The van der Waals surface area contributed by atoms with Crippen LogP contribution in [0.2, 0.25) is 0 Å². The number of carbonyl (C=O) groups excluding carboxylic acids is 1. The average Bonchev–Trinajstić information content (AvgIpc) is 3.26. The van der Waals surface area contributed by atoms with E-state index < -0.39 is 0 Å². The van der Waals surface area contributed by atoms with Crippen molar-refractivity contribution >= 4 is 22.9 Å². The highest BCUT2D eigenvalue weighted by Gasteiger charge is 2.30. The van der Waals surface area contributed by atoms with Crippen LogP contribution in [0, 0.1) is 13.8 Å². The maximum Gasteiger partial charge on any atom is 0.246 e. The molecule has 0 saturated carbocycles. The highest BCUT2D eigenvalue weighted by atomic mass is 32.1. The Hall–Kier alpha value is -2.47. The lowest BCUT2D eigenvalue weighted by Crippen LogP contribution is -2.49. The summed E-state index contributed by atoms with van der Waals surface area (Å²) in [6.45, 7) is 8.77. The van der Waals surface area contributed by atoms with Crippen molar-refractivity contribution in [2.24, 2.45) is 0 Å². The van der Waals surface area contributed by atoms with Gasteiger partial charge in [-0.3, -0.25) is 14.6 Å². The molecule has 4 rings (SSSR count). The van der Waals surface area contributed by atoms with E-state index in [9.17, 15) is 4.79 Å². The van der Waals surface area contributed by atoms with Crippen molar-refractivity contribution in [2.45, 2.75) is 26.4 Å². The molecule has 0 unspecified atom stereocenters. The maximum atomic E-state index is 13.4. The summed E-state index contributed by atoms with van der Waals surface area (Å²) in [4.78, 5) is 18.2. The second kappa shape index (κ2) is 9.56. The second-order valence-corrected chi connectivity index (χ2v) is 8.84. The number of aryl methyl sites for hydroxylation is 2. The molecule has 1 aliphatic rings. The van der Waals surface area contributed by atoms with Crippen LogP contribution < -0.4 is 5.32 Å². The highest BCUT2D eigenvalue weighted by Crippen LogP contribution is 2.26. The summed E-state index contributed by atoms with van der Waals surface area (Å²) in [6, 6.07) is 18.3. The summed E-state index contributed by atoms with van der Waals surface area (Å²) in [5.74, 6) is 0.0428.